The molecule has 14 heteroatoms. The van der Waals surface area contributed by atoms with Crippen LogP contribution in [0.5, 0.6) is 0 Å². The van der Waals surface area contributed by atoms with Gasteiger partial charge in [0, 0.05) is 5.69 Å². The average Bonchev–Trinajstić information content (AvgIpc) is 3.22. The van der Waals surface area contributed by atoms with Crippen molar-refractivity contribution in [2.75, 3.05) is 16.8 Å². The molecule has 2 aromatic rings. The van der Waals surface area contributed by atoms with Gasteiger partial charge < -0.3 is 10.6 Å². The molecule has 10 nitrogen and oxygen atoms in total. The third kappa shape index (κ3) is 5.74. The lowest BCUT2D eigenvalue weighted by Crippen LogP contribution is -2.19. The van der Waals surface area contributed by atoms with Crippen molar-refractivity contribution in [3.63, 3.8) is 0 Å². The van der Waals surface area contributed by atoms with Crippen LogP contribution in [-0.2, 0) is 19.6 Å². The summed E-state index contributed by atoms with van der Waals surface area (Å²) in [5, 5.41) is 19.0. The largest absolute Gasteiger partial charge is 0.325 e. The van der Waals surface area contributed by atoms with Gasteiger partial charge in [-0.05, 0) is 24.3 Å². The third-order valence-corrected chi connectivity index (χ3v) is 6.73. The molecule has 27 heavy (non-hydrogen) atoms. The smallest absolute Gasteiger partial charge is 0.238 e. The Morgan fingerprint density at radius 1 is 1.33 bits per heavy atom. The molecule has 3 rings (SSSR count). The number of carbonyl (C=O) groups excluding carboxylic acids is 2. The molecule has 1 aromatic heterocycles. The first kappa shape index (κ1) is 19.8. The molecular weight excluding hydrogens is 432 g/mol. The summed E-state index contributed by atoms with van der Waals surface area (Å²) < 4.78 is 23.0. The Morgan fingerprint density at radius 2 is 2.07 bits per heavy atom. The number of nitrogens with two attached hydrogens (primary N) is 1. The fourth-order valence-electron chi connectivity index (χ4n) is 1.83. The number of nitrogens with zero attached hydrogens (tertiary/aromatic N) is 3. The van der Waals surface area contributed by atoms with Crippen LogP contribution in [-0.4, -0.2) is 47.1 Å². The number of benzene rings is 1. The molecule has 0 bridgehead atoms. The number of aromatic nitrogens is 2. The SMILES string of the molecule is NS(=O)(=O)c1ccc(NC(=O)CSc2nnc(/N=C3\NC(=O)CS3)s2)cc1. The van der Waals surface area contributed by atoms with Crippen LogP contribution in [0.3, 0.4) is 0 Å². The highest BCUT2D eigenvalue weighted by molar-refractivity contribution is 8.15. The third-order valence-electron chi connectivity index (χ3n) is 2.97. The van der Waals surface area contributed by atoms with E-state index in [1.165, 1.54) is 59.1 Å². The van der Waals surface area contributed by atoms with Crippen LogP contribution in [0, 0.1) is 0 Å². The molecule has 2 heterocycles. The standard InChI is InChI=1S/C13H12N6O4S4/c14-27(22,23)8-3-1-7(2-4-8)15-9(20)6-25-13-19-18-12(26-13)17-11-16-10(21)5-24-11/h1-4H,5-6H2,(H,15,20)(H2,14,22,23)(H,16,17,18,21). The number of amides is 2. The van der Waals surface area contributed by atoms with E-state index >= 15 is 0 Å². The van der Waals surface area contributed by atoms with Gasteiger partial charge in [-0.2, -0.15) is 4.99 Å². The number of nitrogens with one attached hydrogen (secondary N) is 2. The molecule has 1 aliphatic rings. The van der Waals surface area contributed by atoms with Crippen LogP contribution in [0.2, 0.25) is 0 Å². The Morgan fingerprint density at radius 3 is 2.70 bits per heavy atom. The Hall–Kier alpha value is -2.00. The van der Waals surface area contributed by atoms with Gasteiger partial charge >= 0.3 is 0 Å². The van der Waals surface area contributed by atoms with E-state index in [4.69, 9.17) is 5.14 Å². The van der Waals surface area contributed by atoms with Crippen molar-refractivity contribution >= 4 is 72.7 Å². The van der Waals surface area contributed by atoms with Gasteiger partial charge in [-0.1, -0.05) is 34.9 Å². The molecule has 1 aromatic carbocycles. The highest BCUT2D eigenvalue weighted by Gasteiger charge is 2.17. The lowest BCUT2D eigenvalue weighted by Gasteiger charge is -2.05. The molecule has 0 radical (unpaired) electrons. The van der Waals surface area contributed by atoms with Crippen molar-refractivity contribution in [2.24, 2.45) is 10.1 Å². The molecule has 142 valence electrons. The number of sulfonamides is 1. The zero-order valence-corrected chi connectivity index (χ0v) is 16.7. The van der Waals surface area contributed by atoms with Gasteiger partial charge in [0.05, 0.1) is 16.4 Å². The minimum Gasteiger partial charge on any atom is -0.325 e. The van der Waals surface area contributed by atoms with E-state index in [0.29, 0.717) is 26.1 Å². The number of hydrogen-bond donors (Lipinski definition) is 3. The fourth-order valence-corrected chi connectivity index (χ4v) is 4.60. The van der Waals surface area contributed by atoms with E-state index in [2.05, 4.69) is 25.8 Å². The van der Waals surface area contributed by atoms with E-state index in [9.17, 15) is 18.0 Å². The minimum atomic E-state index is -3.77. The highest BCUT2D eigenvalue weighted by atomic mass is 32.2. The first-order chi connectivity index (χ1) is 12.8. The van der Waals surface area contributed by atoms with Crippen LogP contribution in [0.1, 0.15) is 0 Å². The number of hydrogen-bond acceptors (Lipinski definition) is 10. The second kappa shape index (κ2) is 8.35. The Labute approximate surface area is 166 Å². The zero-order valence-electron chi connectivity index (χ0n) is 13.4. The number of rotatable bonds is 6. The Bertz CT molecular complexity index is 1000. The summed E-state index contributed by atoms with van der Waals surface area (Å²) in [7, 11) is -3.77. The average molecular weight is 445 g/mol. The second-order valence-corrected chi connectivity index (χ2v) is 9.71. The maximum absolute atomic E-state index is 12.0. The molecule has 1 fully saturated rings. The predicted octanol–water partition coefficient (Wildman–Crippen LogP) is 0.767. The fraction of sp³-hybridized carbons (Fsp3) is 0.154. The van der Waals surface area contributed by atoms with Crippen molar-refractivity contribution < 1.29 is 18.0 Å². The molecule has 0 atom stereocenters. The van der Waals surface area contributed by atoms with Gasteiger partial charge in [-0.3, -0.25) is 9.59 Å². The summed E-state index contributed by atoms with van der Waals surface area (Å²) >= 11 is 3.68. The van der Waals surface area contributed by atoms with Crippen LogP contribution in [0.4, 0.5) is 10.8 Å². The van der Waals surface area contributed by atoms with Crippen molar-refractivity contribution in [3.8, 4) is 0 Å². The van der Waals surface area contributed by atoms with Gasteiger partial charge in [0.2, 0.25) is 27.0 Å². The second-order valence-electron chi connectivity index (χ2n) is 5.01. The van der Waals surface area contributed by atoms with Crippen LogP contribution >= 0.6 is 34.9 Å². The molecular formula is C13H12N6O4S4. The zero-order chi connectivity index (χ0) is 19.4. The summed E-state index contributed by atoms with van der Waals surface area (Å²) in [4.78, 5) is 27.2. The van der Waals surface area contributed by atoms with Crippen molar-refractivity contribution in [3.05, 3.63) is 24.3 Å². The number of primary sulfonamides is 1. The predicted molar refractivity (Wildman–Crippen MR) is 105 cm³/mol. The molecule has 0 saturated carbocycles. The summed E-state index contributed by atoms with van der Waals surface area (Å²) in [6.45, 7) is 0. The van der Waals surface area contributed by atoms with Gasteiger partial charge in [0.1, 0.15) is 0 Å². The molecule has 0 aliphatic carbocycles. The van der Waals surface area contributed by atoms with E-state index in [-0.39, 0.29) is 22.5 Å². The quantitative estimate of drug-likeness (QED) is 0.551. The van der Waals surface area contributed by atoms with Crippen LogP contribution in [0.15, 0.2) is 38.5 Å². The van der Waals surface area contributed by atoms with Crippen LogP contribution < -0.4 is 15.8 Å². The lowest BCUT2D eigenvalue weighted by atomic mass is 10.3. The summed E-state index contributed by atoms with van der Waals surface area (Å²) in [6, 6.07) is 5.53. The lowest BCUT2D eigenvalue weighted by molar-refractivity contribution is -0.117. The summed E-state index contributed by atoms with van der Waals surface area (Å²) in [5.41, 5.74) is 0.450. The van der Waals surface area contributed by atoms with Crippen LogP contribution in [0.25, 0.3) is 0 Å². The number of amidine groups is 1. The summed E-state index contributed by atoms with van der Waals surface area (Å²) in [6.07, 6.45) is 0. The molecule has 0 spiro atoms. The Kier molecular flexibility index (Phi) is 6.11. The van der Waals surface area contributed by atoms with E-state index in [1.54, 1.807) is 0 Å². The molecule has 2 amide bonds. The van der Waals surface area contributed by atoms with E-state index < -0.39 is 10.0 Å². The first-order valence-corrected chi connectivity index (χ1v) is 11.5. The minimum absolute atomic E-state index is 0.0329. The number of aliphatic imine (C=N–C) groups is 1. The maximum atomic E-state index is 12.0. The first-order valence-electron chi connectivity index (χ1n) is 7.20. The molecule has 1 aliphatic heterocycles. The normalized spacial score (nSPS) is 15.7. The highest BCUT2D eigenvalue weighted by Crippen LogP contribution is 2.28. The van der Waals surface area contributed by atoms with Crippen molar-refractivity contribution in [2.45, 2.75) is 9.24 Å². The van der Waals surface area contributed by atoms with Gasteiger partial charge in [-0.25, -0.2) is 13.6 Å². The van der Waals surface area contributed by atoms with E-state index in [0.717, 1.165) is 0 Å². The monoisotopic (exact) mass is 444 g/mol. The van der Waals surface area contributed by atoms with E-state index in [1.807, 2.05) is 0 Å². The number of thioether (sulfide) groups is 2. The topological polar surface area (TPSA) is 156 Å². The van der Waals surface area contributed by atoms with Gasteiger partial charge in [0.25, 0.3) is 0 Å². The Balaban J connectivity index is 1.51. The van der Waals surface area contributed by atoms with Crippen molar-refractivity contribution in [1.29, 1.82) is 0 Å². The maximum Gasteiger partial charge on any atom is 0.238 e. The number of anilines is 1. The van der Waals surface area contributed by atoms with Gasteiger partial charge in [-0.15, -0.1) is 10.2 Å². The molecule has 0 unspecified atom stereocenters. The molecule has 4 N–H and O–H groups in total. The van der Waals surface area contributed by atoms with Crippen molar-refractivity contribution in [1.82, 2.24) is 15.5 Å². The van der Waals surface area contributed by atoms with Gasteiger partial charge in [0.15, 0.2) is 9.51 Å². The molecule has 1 saturated heterocycles. The number of carbonyl (C=O) groups is 2. The summed E-state index contributed by atoms with van der Waals surface area (Å²) in [5.74, 6) is 0.0299.